The van der Waals surface area contributed by atoms with Gasteiger partial charge in [-0.05, 0) is 19.9 Å². The number of nitrogens with zero attached hydrogens (tertiary/aromatic N) is 2. The van der Waals surface area contributed by atoms with E-state index in [9.17, 15) is 9.18 Å². The van der Waals surface area contributed by atoms with Crippen LogP contribution in [0, 0.1) is 5.82 Å². The Morgan fingerprint density at radius 3 is 2.82 bits per heavy atom. The Balaban J connectivity index is 3.05. The van der Waals surface area contributed by atoms with Crippen molar-refractivity contribution in [3.05, 3.63) is 23.6 Å². The van der Waals surface area contributed by atoms with E-state index in [1.807, 2.05) is 0 Å². The first-order valence-corrected chi connectivity index (χ1v) is 5.30. The molecule has 1 heterocycles. The van der Waals surface area contributed by atoms with Crippen molar-refractivity contribution in [2.24, 2.45) is 0 Å². The van der Waals surface area contributed by atoms with Crippen molar-refractivity contribution in [2.45, 2.75) is 19.9 Å². The van der Waals surface area contributed by atoms with E-state index in [4.69, 9.17) is 10.8 Å². The molecule has 0 aromatic carbocycles. The highest BCUT2D eigenvalue weighted by atomic mass is 19.1. The summed E-state index contributed by atoms with van der Waals surface area (Å²) in [7, 11) is 0. The van der Waals surface area contributed by atoms with Crippen LogP contribution in [0.25, 0.3) is 0 Å². The molecule has 0 radical (unpaired) electrons. The summed E-state index contributed by atoms with van der Waals surface area (Å²) >= 11 is 0. The molecular formula is C11H16FN3O2. The van der Waals surface area contributed by atoms with E-state index in [1.54, 1.807) is 13.8 Å². The van der Waals surface area contributed by atoms with Gasteiger partial charge in [-0.3, -0.25) is 4.79 Å². The van der Waals surface area contributed by atoms with Crippen LogP contribution < -0.4 is 5.73 Å². The largest absolute Gasteiger partial charge is 0.395 e. The molecule has 94 valence electrons. The number of aliphatic hydroxyl groups excluding tert-OH is 1. The molecule has 0 aliphatic carbocycles. The van der Waals surface area contributed by atoms with Crippen LogP contribution >= 0.6 is 0 Å². The number of aromatic nitrogens is 1. The van der Waals surface area contributed by atoms with Crippen LogP contribution in [0.4, 0.5) is 10.2 Å². The second kappa shape index (κ2) is 5.58. The van der Waals surface area contributed by atoms with Gasteiger partial charge < -0.3 is 15.7 Å². The average molecular weight is 241 g/mol. The quantitative estimate of drug-likeness (QED) is 0.811. The third-order valence-corrected chi connectivity index (χ3v) is 2.37. The van der Waals surface area contributed by atoms with Crippen molar-refractivity contribution < 1.29 is 14.3 Å². The van der Waals surface area contributed by atoms with Gasteiger partial charge in [0.1, 0.15) is 0 Å². The molecule has 0 aliphatic heterocycles. The minimum absolute atomic E-state index is 0.125. The molecule has 0 aliphatic rings. The summed E-state index contributed by atoms with van der Waals surface area (Å²) in [5.41, 5.74) is 5.18. The lowest BCUT2D eigenvalue weighted by atomic mass is 10.2. The normalized spacial score (nSPS) is 10.6. The maximum atomic E-state index is 13.6. The minimum Gasteiger partial charge on any atom is -0.395 e. The third kappa shape index (κ3) is 2.91. The van der Waals surface area contributed by atoms with E-state index < -0.39 is 11.7 Å². The number of nitrogen functional groups attached to an aromatic ring is 1. The zero-order chi connectivity index (χ0) is 13.0. The first-order chi connectivity index (χ1) is 7.99. The highest BCUT2D eigenvalue weighted by Crippen LogP contribution is 2.15. The van der Waals surface area contributed by atoms with Gasteiger partial charge in [0.05, 0.1) is 12.2 Å². The summed E-state index contributed by atoms with van der Waals surface area (Å²) in [6.45, 7) is 3.55. The van der Waals surface area contributed by atoms with Crippen molar-refractivity contribution >= 4 is 11.7 Å². The Hall–Kier alpha value is -1.69. The van der Waals surface area contributed by atoms with Crippen LogP contribution in [0.15, 0.2) is 12.3 Å². The lowest BCUT2D eigenvalue weighted by molar-refractivity contribution is 0.0660. The van der Waals surface area contributed by atoms with Crippen LogP contribution in [-0.2, 0) is 0 Å². The van der Waals surface area contributed by atoms with Gasteiger partial charge in [0, 0.05) is 18.8 Å². The van der Waals surface area contributed by atoms with Crippen LogP contribution in [0.3, 0.4) is 0 Å². The summed E-state index contributed by atoms with van der Waals surface area (Å²) < 4.78 is 13.6. The van der Waals surface area contributed by atoms with Gasteiger partial charge in [-0.1, -0.05) is 0 Å². The van der Waals surface area contributed by atoms with Gasteiger partial charge in [0.25, 0.3) is 5.91 Å². The first kappa shape index (κ1) is 13.4. The fourth-order valence-electron chi connectivity index (χ4n) is 1.48. The van der Waals surface area contributed by atoms with Crippen LogP contribution in [0.2, 0.25) is 0 Å². The second-order valence-electron chi connectivity index (χ2n) is 3.87. The Morgan fingerprint density at radius 1 is 1.65 bits per heavy atom. The van der Waals surface area contributed by atoms with E-state index in [-0.39, 0.29) is 30.6 Å². The van der Waals surface area contributed by atoms with Gasteiger partial charge in [0.2, 0.25) is 0 Å². The number of rotatable bonds is 4. The molecule has 1 amide bonds. The number of pyridine rings is 1. The van der Waals surface area contributed by atoms with Crippen LogP contribution in [0.5, 0.6) is 0 Å². The number of hydrogen-bond acceptors (Lipinski definition) is 4. The van der Waals surface area contributed by atoms with E-state index in [1.165, 1.54) is 17.2 Å². The zero-order valence-corrected chi connectivity index (χ0v) is 9.85. The number of amides is 1. The van der Waals surface area contributed by atoms with Crippen LogP contribution in [-0.4, -0.2) is 40.1 Å². The number of carbonyl (C=O) groups is 1. The average Bonchev–Trinajstić information content (AvgIpc) is 2.28. The van der Waals surface area contributed by atoms with Gasteiger partial charge in [-0.15, -0.1) is 0 Å². The molecule has 6 heteroatoms. The molecule has 0 saturated carbocycles. The molecule has 0 unspecified atom stereocenters. The van der Waals surface area contributed by atoms with Gasteiger partial charge in [-0.2, -0.15) is 0 Å². The van der Waals surface area contributed by atoms with E-state index >= 15 is 0 Å². The number of anilines is 1. The van der Waals surface area contributed by atoms with Gasteiger partial charge in [0.15, 0.2) is 11.6 Å². The molecule has 1 rings (SSSR count). The number of aliphatic hydroxyl groups is 1. The molecular weight excluding hydrogens is 225 g/mol. The lowest BCUT2D eigenvalue weighted by Crippen LogP contribution is -2.39. The Labute approximate surface area is 99.1 Å². The molecule has 5 nitrogen and oxygen atoms in total. The molecule has 0 bridgehead atoms. The Morgan fingerprint density at radius 2 is 2.29 bits per heavy atom. The van der Waals surface area contributed by atoms with Crippen molar-refractivity contribution in [2.75, 3.05) is 18.9 Å². The summed E-state index contributed by atoms with van der Waals surface area (Å²) in [5.74, 6) is -1.62. The summed E-state index contributed by atoms with van der Waals surface area (Å²) in [5, 5.41) is 8.88. The highest BCUT2D eigenvalue weighted by Gasteiger charge is 2.22. The monoisotopic (exact) mass is 241 g/mol. The fourth-order valence-corrected chi connectivity index (χ4v) is 1.48. The maximum Gasteiger partial charge on any atom is 0.257 e. The molecule has 17 heavy (non-hydrogen) atoms. The zero-order valence-electron chi connectivity index (χ0n) is 9.85. The molecule has 0 spiro atoms. The van der Waals surface area contributed by atoms with E-state index in [0.29, 0.717) is 0 Å². The summed E-state index contributed by atoms with van der Waals surface area (Å²) in [6.07, 6.45) is 1.28. The molecule has 3 N–H and O–H groups in total. The highest BCUT2D eigenvalue weighted by molar-refractivity contribution is 5.95. The summed E-state index contributed by atoms with van der Waals surface area (Å²) in [4.78, 5) is 17.0. The molecule has 0 fully saturated rings. The minimum atomic E-state index is -0.818. The predicted octanol–water partition coefficient (Wildman–Crippen LogP) is 0.646. The smallest absolute Gasteiger partial charge is 0.257 e. The maximum absolute atomic E-state index is 13.6. The standard InChI is InChI=1S/C11H16FN3O2/c1-7(2)15(5-6-16)11(17)8-3-4-14-10(13)9(8)12/h3-4,7,16H,5-6H2,1-2H3,(H2,13,14). The molecule has 1 aromatic rings. The van der Waals surface area contributed by atoms with Crippen molar-refractivity contribution in [3.8, 4) is 0 Å². The predicted molar refractivity (Wildman–Crippen MR) is 61.9 cm³/mol. The Bertz CT molecular complexity index is 410. The van der Waals surface area contributed by atoms with E-state index in [2.05, 4.69) is 4.98 Å². The number of halogens is 1. The molecule has 0 atom stereocenters. The van der Waals surface area contributed by atoms with Crippen LogP contribution in [0.1, 0.15) is 24.2 Å². The number of hydrogen-bond donors (Lipinski definition) is 2. The van der Waals surface area contributed by atoms with Crippen molar-refractivity contribution in [1.82, 2.24) is 9.88 Å². The number of nitrogens with two attached hydrogens (primary N) is 1. The Kier molecular flexibility index (Phi) is 4.39. The summed E-state index contributed by atoms with van der Waals surface area (Å²) in [6, 6.07) is 1.14. The third-order valence-electron chi connectivity index (χ3n) is 2.37. The first-order valence-electron chi connectivity index (χ1n) is 5.30. The second-order valence-corrected chi connectivity index (χ2v) is 3.87. The van der Waals surface area contributed by atoms with Crippen molar-refractivity contribution in [3.63, 3.8) is 0 Å². The number of carbonyl (C=O) groups excluding carboxylic acids is 1. The van der Waals surface area contributed by atoms with E-state index in [0.717, 1.165) is 0 Å². The molecule has 1 aromatic heterocycles. The lowest BCUT2D eigenvalue weighted by Gasteiger charge is -2.26. The SMILES string of the molecule is CC(C)N(CCO)C(=O)c1ccnc(N)c1F. The van der Waals surface area contributed by atoms with Gasteiger partial charge >= 0.3 is 0 Å². The van der Waals surface area contributed by atoms with Gasteiger partial charge in [-0.25, -0.2) is 9.37 Å². The topological polar surface area (TPSA) is 79.5 Å². The fraction of sp³-hybridized carbons (Fsp3) is 0.455. The van der Waals surface area contributed by atoms with Crippen molar-refractivity contribution in [1.29, 1.82) is 0 Å². The molecule has 0 saturated heterocycles.